The Bertz CT molecular complexity index is 669. The number of carbonyl (C=O) groups is 1. The van der Waals surface area contributed by atoms with Gasteiger partial charge >= 0.3 is 5.97 Å². The maximum absolute atomic E-state index is 12.5. The van der Waals surface area contributed by atoms with Crippen molar-refractivity contribution in [2.75, 3.05) is 19.7 Å². The number of sulfonamides is 1. The predicted octanol–water partition coefficient (Wildman–Crippen LogP) is 1.19. The number of thiophene rings is 1. The van der Waals surface area contributed by atoms with Crippen LogP contribution in [-0.4, -0.2) is 45.3 Å². The highest BCUT2D eigenvalue weighted by molar-refractivity contribution is 7.91. The molecule has 0 aromatic carbocycles. The largest absolute Gasteiger partial charge is 0.478 e. The Morgan fingerprint density at radius 3 is 2.91 bits per heavy atom. The van der Waals surface area contributed by atoms with E-state index in [0.717, 1.165) is 22.6 Å². The quantitative estimate of drug-likeness (QED) is 0.641. The maximum Gasteiger partial charge on any atom is 0.338 e. The molecule has 0 aliphatic carbocycles. The molecule has 23 heavy (non-hydrogen) atoms. The van der Waals surface area contributed by atoms with E-state index in [-0.39, 0.29) is 22.4 Å². The molecule has 0 fully saturated rings. The highest BCUT2D eigenvalue weighted by Gasteiger charge is 2.31. The van der Waals surface area contributed by atoms with Crippen molar-refractivity contribution in [3.63, 3.8) is 0 Å². The molecule has 0 radical (unpaired) electrons. The number of carboxylic acid groups (broad SMARTS) is 1. The van der Waals surface area contributed by atoms with Gasteiger partial charge in [-0.25, -0.2) is 17.9 Å². The molecule has 0 saturated carbocycles. The predicted molar refractivity (Wildman–Crippen MR) is 87.6 cm³/mol. The van der Waals surface area contributed by atoms with Crippen LogP contribution >= 0.6 is 11.3 Å². The van der Waals surface area contributed by atoms with Gasteiger partial charge in [-0.3, -0.25) is 0 Å². The van der Waals surface area contributed by atoms with E-state index in [0.29, 0.717) is 31.7 Å². The molecule has 0 amide bonds. The van der Waals surface area contributed by atoms with Crippen molar-refractivity contribution in [1.82, 2.24) is 10.0 Å². The van der Waals surface area contributed by atoms with Gasteiger partial charge in [0.1, 0.15) is 4.21 Å². The number of fused-ring (bicyclic) bond motifs is 1. The Balaban J connectivity index is 2.22. The highest BCUT2D eigenvalue weighted by Crippen LogP contribution is 2.34. The molecule has 9 heteroatoms. The first-order valence-corrected chi connectivity index (χ1v) is 9.86. The lowest BCUT2D eigenvalue weighted by Crippen LogP contribution is -2.32. The van der Waals surface area contributed by atoms with Crippen LogP contribution in [0, 0.1) is 0 Å². The third-order valence-electron chi connectivity index (χ3n) is 3.52. The molecule has 0 saturated heterocycles. The number of hydrogen-bond donors (Lipinski definition) is 3. The van der Waals surface area contributed by atoms with Crippen molar-refractivity contribution >= 4 is 27.3 Å². The minimum Gasteiger partial charge on any atom is -0.478 e. The lowest BCUT2D eigenvalue weighted by molar-refractivity contribution is 0.0692. The van der Waals surface area contributed by atoms with E-state index in [4.69, 9.17) is 4.74 Å². The molecule has 0 bridgehead atoms. The number of carboxylic acids is 1. The van der Waals surface area contributed by atoms with Crippen LogP contribution in [0.3, 0.4) is 0 Å². The molecule has 2 rings (SSSR count). The topological polar surface area (TPSA) is 105 Å². The zero-order valence-electron chi connectivity index (χ0n) is 13.2. The van der Waals surface area contributed by atoms with Crippen LogP contribution in [0.15, 0.2) is 4.21 Å². The normalized spacial score (nSPS) is 16.1. The van der Waals surface area contributed by atoms with Gasteiger partial charge in [0.15, 0.2) is 0 Å². The molecule has 1 atom stereocenters. The van der Waals surface area contributed by atoms with Crippen LogP contribution in [0.4, 0.5) is 0 Å². The molecular formula is C14H22N2O5S2. The minimum absolute atomic E-state index is 0.0823. The average Bonchev–Trinajstić information content (AvgIpc) is 2.91. The molecular weight excluding hydrogens is 340 g/mol. The number of aromatic carboxylic acids is 1. The van der Waals surface area contributed by atoms with Crippen molar-refractivity contribution in [1.29, 1.82) is 0 Å². The van der Waals surface area contributed by atoms with Gasteiger partial charge in [0.05, 0.1) is 11.7 Å². The minimum atomic E-state index is -3.87. The lowest BCUT2D eigenvalue weighted by Gasteiger charge is -2.14. The number of hydrogen-bond acceptors (Lipinski definition) is 6. The standard InChI is InChI=1S/C14H22N2O5S2/c1-3-6-21-9(2)7-16-23(19,20)14-12(13(17)18)10-4-5-15-8-11(10)22-14/h9,15-16H,3-8H2,1-2H3,(H,17,18)/t9-/m0/s1. The molecule has 1 aliphatic heterocycles. The van der Waals surface area contributed by atoms with Crippen molar-refractivity contribution in [3.8, 4) is 0 Å². The van der Waals surface area contributed by atoms with Gasteiger partial charge in [-0.2, -0.15) is 0 Å². The molecule has 2 heterocycles. The van der Waals surface area contributed by atoms with Gasteiger partial charge in [-0.05, 0) is 31.9 Å². The average molecular weight is 362 g/mol. The molecule has 1 aromatic heterocycles. The van der Waals surface area contributed by atoms with Gasteiger partial charge in [0.2, 0.25) is 0 Å². The van der Waals surface area contributed by atoms with E-state index >= 15 is 0 Å². The first-order chi connectivity index (χ1) is 10.9. The van der Waals surface area contributed by atoms with E-state index in [1.165, 1.54) is 0 Å². The van der Waals surface area contributed by atoms with Crippen molar-refractivity contribution in [3.05, 3.63) is 16.0 Å². The number of ether oxygens (including phenoxy) is 1. The summed E-state index contributed by atoms with van der Waals surface area (Å²) in [5.41, 5.74) is 0.554. The molecule has 7 nitrogen and oxygen atoms in total. The van der Waals surface area contributed by atoms with Crippen LogP contribution in [0.2, 0.25) is 0 Å². The Morgan fingerprint density at radius 2 is 2.26 bits per heavy atom. The highest BCUT2D eigenvalue weighted by atomic mass is 32.2. The van der Waals surface area contributed by atoms with Gasteiger partial charge in [-0.15, -0.1) is 11.3 Å². The monoisotopic (exact) mass is 362 g/mol. The second-order valence-corrected chi connectivity index (χ2v) is 8.50. The fourth-order valence-corrected chi connectivity index (χ4v) is 5.41. The summed E-state index contributed by atoms with van der Waals surface area (Å²) in [6.45, 7) is 5.58. The Hall–Kier alpha value is -1.00. The molecule has 0 unspecified atom stereocenters. The van der Waals surface area contributed by atoms with E-state index < -0.39 is 16.0 Å². The van der Waals surface area contributed by atoms with Crippen molar-refractivity contribution < 1.29 is 23.1 Å². The summed E-state index contributed by atoms with van der Waals surface area (Å²) in [6, 6.07) is 0. The van der Waals surface area contributed by atoms with Crippen LogP contribution in [-0.2, 0) is 27.7 Å². The Morgan fingerprint density at radius 1 is 1.52 bits per heavy atom. The third-order valence-corrected chi connectivity index (χ3v) is 6.69. The van der Waals surface area contributed by atoms with Gasteiger partial charge in [0.25, 0.3) is 10.0 Å². The van der Waals surface area contributed by atoms with Gasteiger partial charge in [0, 0.05) is 24.6 Å². The summed E-state index contributed by atoms with van der Waals surface area (Å²) in [5.74, 6) is -1.19. The van der Waals surface area contributed by atoms with Gasteiger partial charge in [-0.1, -0.05) is 6.92 Å². The summed E-state index contributed by atoms with van der Waals surface area (Å²) in [5, 5.41) is 12.6. The van der Waals surface area contributed by atoms with E-state index in [1.807, 2.05) is 6.92 Å². The smallest absolute Gasteiger partial charge is 0.338 e. The number of nitrogens with one attached hydrogen (secondary N) is 2. The zero-order valence-corrected chi connectivity index (χ0v) is 14.8. The lowest BCUT2D eigenvalue weighted by atomic mass is 10.1. The van der Waals surface area contributed by atoms with Crippen LogP contribution in [0.5, 0.6) is 0 Å². The zero-order chi connectivity index (χ0) is 17.0. The maximum atomic E-state index is 12.5. The molecule has 3 N–H and O–H groups in total. The summed E-state index contributed by atoms with van der Waals surface area (Å²) in [6.07, 6.45) is 1.11. The third kappa shape index (κ3) is 4.30. The van der Waals surface area contributed by atoms with Crippen molar-refractivity contribution in [2.24, 2.45) is 0 Å². The van der Waals surface area contributed by atoms with Crippen LogP contribution in [0.25, 0.3) is 0 Å². The first-order valence-electron chi connectivity index (χ1n) is 7.56. The van der Waals surface area contributed by atoms with Crippen molar-refractivity contribution in [2.45, 2.75) is 43.5 Å². The van der Waals surface area contributed by atoms with Gasteiger partial charge < -0.3 is 15.2 Å². The Labute approximate surface area is 140 Å². The molecule has 1 aromatic rings. The van der Waals surface area contributed by atoms with E-state index in [9.17, 15) is 18.3 Å². The van der Waals surface area contributed by atoms with Crippen LogP contribution < -0.4 is 10.0 Å². The first kappa shape index (κ1) is 18.3. The Kier molecular flexibility index (Phi) is 6.15. The summed E-state index contributed by atoms with van der Waals surface area (Å²) in [4.78, 5) is 12.3. The summed E-state index contributed by atoms with van der Waals surface area (Å²) >= 11 is 1.03. The number of rotatable bonds is 8. The molecule has 130 valence electrons. The SMILES string of the molecule is CCCO[C@@H](C)CNS(=O)(=O)c1sc2c(c1C(=O)O)CCNC2. The molecule has 0 spiro atoms. The second-order valence-electron chi connectivity index (χ2n) is 5.43. The van der Waals surface area contributed by atoms with E-state index in [1.54, 1.807) is 6.92 Å². The summed E-state index contributed by atoms with van der Waals surface area (Å²) < 4.78 is 32.8. The fourth-order valence-electron chi connectivity index (χ4n) is 2.39. The van der Waals surface area contributed by atoms with Crippen LogP contribution in [0.1, 0.15) is 41.1 Å². The fraction of sp³-hybridized carbons (Fsp3) is 0.643. The second kappa shape index (κ2) is 7.71. The summed E-state index contributed by atoms with van der Waals surface area (Å²) in [7, 11) is -3.87. The molecule has 1 aliphatic rings. The van der Waals surface area contributed by atoms with E-state index in [2.05, 4.69) is 10.0 Å².